The van der Waals surface area contributed by atoms with Gasteiger partial charge < -0.3 is 139 Å². The summed E-state index contributed by atoms with van der Waals surface area (Å²) in [5.41, 5.74) is 32.2. The van der Waals surface area contributed by atoms with Crippen LogP contribution in [0.5, 0.6) is 0 Å². The van der Waals surface area contributed by atoms with Gasteiger partial charge in [0.1, 0.15) is 90.6 Å². The topological polar surface area (TPSA) is 790 Å². The molecule has 17 atom stereocenters. The van der Waals surface area contributed by atoms with Crippen molar-refractivity contribution in [2.45, 2.75) is 240 Å². The van der Waals surface area contributed by atoms with Crippen LogP contribution >= 0.6 is 25.3 Å². The van der Waals surface area contributed by atoms with Crippen molar-refractivity contribution in [2.24, 2.45) is 40.5 Å². The second-order valence-electron chi connectivity index (χ2n) is 35.3. The number of rotatable bonds is 63. The number of aromatic nitrogens is 4. The fraction of sp³-hybridized carbons (Fsp3) is 0.453. The number of imidazole rings is 1. The minimum Gasteiger partial charge on any atom is -0.481 e. The number of para-hydroxylation sites is 2. The Balaban J connectivity index is 1.10. The summed E-state index contributed by atoms with van der Waals surface area (Å²) >= 11 is 8.60. The van der Waals surface area contributed by atoms with Crippen molar-refractivity contribution in [2.75, 3.05) is 18.1 Å². The fourth-order valence-electron chi connectivity index (χ4n) is 15.3. The Morgan fingerprint density at radius 1 is 0.366 bits per heavy atom. The van der Waals surface area contributed by atoms with E-state index < -0.39 is 296 Å². The molecule has 50 heteroatoms. The minimum atomic E-state index is -2.03. The van der Waals surface area contributed by atoms with E-state index in [1.807, 2.05) is 0 Å². The number of hydrogen-bond acceptors (Lipinski definition) is 26. The predicted octanol–water partition coefficient (Wildman–Crippen LogP) is -3.97. The van der Waals surface area contributed by atoms with Gasteiger partial charge in [-0.05, 0) is 98.2 Å². The summed E-state index contributed by atoms with van der Waals surface area (Å²) in [7, 11) is 0. The summed E-state index contributed by atoms with van der Waals surface area (Å²) in [6, 6.07) is 3.32. The molecule has 7 rings (SSSR count). The third-order valence-electron chi connectivity index (χ3n) is 23.4. The first-order valence-electron chi connectivity index (χ1n) is 46.8. The van der Waals surface area contributed by atoms with Crippen LogP contribution in [0.15, 0.2) is 134 Å². The van der Waals surface area contributed by atoms with Gasteiger partial charge in [-0.3, -0.25) is 95.9 Å². The summed E-state index contributed by atoms with van der Waals surface area (Å²) in [6.07, 6.45) is -0.826. The van der Waals surface area contributed by atoms with E-state index in [1.54, 1.807) is 143 Å². The summed E-state index contributed by atoms with van der Waals surface area (Å²) < 4.78 is 0. The Hall–Kier alpha value is -15.3. The highest BCUT2D eigenvalue weighted by Crippen LogP contribution is 2.24. The molecule has 7 aromatic rings. The number of nitrogens with one attached hydrogen (secondary N) is 18. The average Bonchev–Trinajstić information content (AvgIpc) is 1.69. The number of carboxylic acids is 3. The van der Waals surface area contributed by atoms with Crippen molar-refractivity contribution in [3.8, 4) is 0 Å². The van der Waals surface area contributed by atoms with Gasteiger partial charge in [-0.15, -0.1) is 0 Å². The highest BCUT2D eigenvalue weighted by Gasteiger charge is 2.41. The van der Waals surface area contributed by atoms with E-state index >= 15 is 14.4 Å². The van der Waals surface area contributed by atoms with Crippen LogP contribution in [0.1, 0.15) is 140 Å². The lowest BCUT2D eigenvalue weighted by Gasteiger charge is -2.29. The largest absolute Gasteiger partial charge is 0.481 e. The number of amides is 18. The van der Waals surface area contributed by atoms with Gasteiger partial charge in [0.2, 0.25) is 106 Å². The minimum absolute atomic E-state index is 0.0614. The molecule has 18 amide bonds. The van der Waals surface area contributed by atoms with Crippen molar-refractivity contribution in [3.63, 3.8) is 0 Å². The average molecular weight is 2050 g/mol. The van der Waals surface area contributed by atoms with Crippen LogP contribution in [0.25, 0.3) is 21.8 Å². The van der Waals surface area contributed by atoms with E-state index in [-0.39, 0.29) is 64.3 Å². The van der Waals surface area contributed by atoms with Gasteiger partial charge in [0.05, 0.1) is 31.6 Å². The first kappa shape index (κ1) is 117. The molecule has 0 fully saturated rings. The molecule has 0 bridgehead atoms. The van der Waals surface area contributed by atoms with E-state index in [0.717, 1.165) is 0 Å². The van der Waals surface area contributed by atoms with Crippen LogP contribution in [0.4, 0.5) is 0 Å². The zero-order chi connectivity index (χ0) is 107. The van der Waals surface area contributed by atoms with Crippen LogP contribution in [0.3, 0.4) is 0 Å². The SMILES string of the molecule is CC[C@H](C)[C@H](NC(=O)[C@H](Cc1c[nH]c2ccccc12)NC(=O)[C@@H](N)CC(=O)O)C(=O)N[C@@H](CS)C(=O)N[C@@H](CC(N)=O)C(=O)N[C@@H](CC(C)C)C(=O)N[C@@H](Cc1ccccc1)C(=O)N[C@@H](CCCCN)C(=O)N[C@@H](CC(N)=O)C(=O)N[C@@H](CCC(N)=O)C(=O)N[C@@H](Cc1c[nH]c2ccccc12)C(=O)N[C@@H](Cc1ccccc1)C(=O)N[C@@H](CS)C(=O)N[C@@H](CCC(=O)O)C(=O)N[C@@H](C)C(=O)N[C@@H](Cc1cnc[nH]1)C(=O)O. The van der Waals surface area contributed by atoms with E-state index in [0.29, 0.717) is 49.8 Å². The number of hydrogen-bond donors (Lipinski definition) is 28. The zero-order valence-electron chi connectivity index (χ0n) is 80.4. The number of primary amides is 3. The molecule has 145 heavy (non-hydrogen) atoms. The predicted molar refractivity (Wildman–Crippen MR) is 532 cm³/mol. The van der Waals surface area contributed by atoms with Crippen LogP contribution < -0.4 is 108 Å². The van der Waals surface area contributed by atoms with Crippen LogP contribution in [-0.4, -0.2) is 274 Å². The summed E-state index contributed by atoms with van der Waals surface area (Å²) in [6.45, 7) is 7.90. The second-order valence-corrected chi connectivity index (χ2v) is 36.0. The molecule has 0 aliphatic carbocycles. The number of H-pyrrole nitrogens is 3. The maximum atomic E-state index is 15.3. The van der Waals surface area contributed by atoms with Crippen molar-refractivity contribution in [3.05, 3.63) is 162 Å². The number of carbonyl (C=O) groups is 21. The molecule has 0 saturated carbocycles. The van der Waals surface area contributed by atoms with E-state index in [9.17, 15) is 102 Å². The van der Waals surface area contributed by atoms with Crippen molar-refractivity contribution in [1.82, 2.24) is 99.7 Å². The Bertz CT molecular complexity index is 5700. The Kier molecular flexibility index (Phi) is 46.9. The van der Waals surface area contributed by atoms with Crippen LogP contribution in [-0.2, 0) is 133 Å². The molecule has 0 spiro atoms. The first-order valence-corrected chi connectivity index (χ1v) is 48.1. The Labute approximate surface area is 843 Å². The summed E-state index contributed by atoms with van der Waals surface area (Å²) in [4.78, 5) is 305. The lowest BCUT2D eigenvalue weighted by molar-refractivity contribution is -0.142. The van der Waals surface area contributed by atoms with Gasteiger partial charge in [-0.25, -0.2) is 9.78 Å². The number of nitrogens with zero attached hydrogens (tertiary/aromatic N) is 1. The molecule has 3 aromatic heterocycles. The second kappa shape index (κ2) is 58.3. The normalized spacial score (nSPS) is 14.7. The zero-order valence-corrected chi connectivity index (χ0v) is 82.2. The van der Waals surface area contributed by atoms with E-state index in [4.69, 9.17) is 28.7 Å². The highest BCUT2D eigenvalue weighted by atomic mass is 32.1. The third-order valence-corrected chi connectivity index (χ3v) is 24.1. The maximum absolute atomic E-state index is 15.3. The molecule has 3 heterocycles. The number of nitrogens with two attached hydrogens (primary N) is 5. The van der Waals surface area contributed by atoms with Gasteiger partial charge in [0, 0.05) is 103 Å². The van der Waals surface area contributed by atoms with Crippen molar-refractivity contribution < 1.29 is 116 Å². The molecule has 784 valence electrons. The van der Waals surface area contributed by atoms with Gasteiger partial charge in [0.15, 0.2) is 0 Å². The quantitative estimate of drug-likeness (QED) is 0.0128. The van der Waals surface area contributed by atoms with Crippen LogP contribution in [0.2, 0.25) is 0 Å². The molecule has 4 aromatic carbocycles. The number of carboxylic acid groups (broad SMARTS) is 3. The number of thiol groups is 2. The van der Waals surface area contributed by atoms with Gasteiger partial charge in [0.25, 0.3) is 0 Å². The van der Waals surface area contributed by atoms with Gasteiger partial charge in [-0.1, -0.05) is 131 Å². The maximum Gasteiger partial charge on any atom is 0.326 e. The Morgan fingerprint density at radius 2 is 0.738 bits per heavy atom. The van der Waals surface area contributed by atoms with Crippen molar-refractivity contribution in [1.29, 1.82) is 0 Å². The lowest BCUT2D eigenvalue weighted by Crippen LogP contribution is -2.62. The molecule has 0 saturated heterocycles. The molecular formula is C95H128N24O24S2. The highest BCUT2D eigenvalue weighted by molar-refractivity contribution is 7.80. The molecule has 0 aliphatic heterocycles. The summed E-state index contributed by atoms with van der Waals surface area (Å²) in [5, 5.41) is 67.6. The standard InChI is InChI=1S/C95H128N24O24S2/c1-6-49(4)79(119-91(138)68(109-81(128)58(97)39-78(125)126)37-54-43-103-60-26-16-14-24-57(54)60)94(141)118-73(46-145)93(140)115-70(41-76(100)122)90(137)110-64(33-48(2)3)85(132)111-65(34-51-19-9-7-10-20-51)86(133)106-61(27-17-18-32-96)83(130)114-69(40-75(99)121)89(136)107-62(28-30-74(98)120)84(131)113-67(36-53-42-102-59-25-15-13-23-56(53)59)88(135)112-66(35-52-21-11-8-12-22-52)87(134)117-72(45-144)92(139)108-63(29-31-77(123)124)82(129)105-50(5)80(127)116-71(95(142)143)38-55-44-101-47-104-55/h7-16,19-26,42-44,47-50,58,61-73,79,102-103,144-145H,6,17-18,27-41,45-46,96-97H2,1-5H3,(H2,98,120)(H2,99,121)(H2,100,122)(H,101,104)(H,105,129)(H,106,133)(H,107,136)(H,108,139)(H,109,128)(H,110,137)(H,111,132)(H,112,135)(H,113,131)(H,114,130)(H,115,140)(H,116,127)(H,117,134)(H,118,141)(H,119,138)(H,123,124)(H,125,126)(H,142,143)/t49-,50-,58-,61-,62-,63-,64-,65-,66-,67-,68-,69-,70-,71-,72-,73-,79-/m0/s1. The number of benzene rings is 4. The molecular weight excluding hydrogens is 1930 g/mol. The van der Waals surface area contributed by atoms with Gasteiger partial charge in [-0.2, -0.15) is 25.3 Å². The lowest BCUT2D eigenvalue weighted by atomic mass is 9.96. The number of fused-ring (bicyclic) bond motifs is 2. The molecule has 31 N–H and O–H groups in total. The van der Waals surface area contributed by atoms with E-state index in [1.165, 1.54) is 25.6 Å². The summed E-state index contributed by atoms with van der Waals surface area (Å²) in [5.74, 6) is -25.9. The number of aromatic amines is 3. The fourth-order valence-corrected chi connectivity index (χ4v) is 15.8. The molecule has 0 radical (unpaired) electrons. The number of carbonyl (C=O) groups excluding carboxylic acids is 18. The monoisotopic (exact) mass is 2050 g/mol. The van der Waals surface area contributed by atoms with E-state index in [2.05, 4.69) is 125 Å². The number of aliphatic carboxylic acids is 3. The first-order chi connectivity index (χ1) is 68.9. The molecule has 48 nitrogen and oxygen atoms in total. The third kappa shape index (κ3) is 38.1. The number of unbranched alkanes of at least 4 members (excludes halogenated alkanes) is 1. The smallest absolute Gasteiger partial charge is 0.326 e. The van der Waals surface area contributed by atoms with Crippen molar-refractivity contribution >= 4 is 171 Å². The van der Waals surface area contributed by atoms with Gasteiger partial charge >= 0.3 is 17.9 Å². The molecule has 0 aliphatic rings. The molecule has 0 unspecified atom stereocenters. The van der Waals surface area contributed by atoms with Crippen LogP contribution in [0, 0.1) is 11.8 Å². The Morgan fingerprint density at radius 3 is 1.16 bits per heavy atom.